The molecule has 0 bridgehead atoms. The van der Waals surface area contributed by atoms with Gasteiger partial charge in [-0.2, -0.15) is 0 Å². The molecule has 0 amide bonds. The second-order valence-electron chi connectivity index (χ2n) is 3.59. The molecule has 0 aromatic heterocycles. The summed E-state index contributed by atoms with van der Waals surface area (Å²) in [6.07, 6.45) is 0.904. The number of phenolic OH excluding ortho intramolecular Hbond substituents is 1. The Kier molecular flexibility index (Phi) is 3.74. The van der Waals surface area contributed by atoms with Crippen LogP contribution in [0.1, 0.15) is 11.5 Å². The first kappa shape index (κ1) is 13.5. The molecule has 1 unspecified atom stereocenters. The second kappa shape index (κ2) is 4.72. The van der Waals surface area contributed by atoms with E-state index < -0.39 is 27.5 Å². The molecule has 0 saturated carbocycles. The number of hydrogen-bond donors (Lipinski definition) is 3. The normalized spacial score (nSPS) is 13.3. The number of aliphatic carboxylic acids is 1. The Morgan fingerprint density at radius 1 is 1.47 bits per heavy atom. The monoisotopic (exact) mass is 259 g/mol. The first-order valence-corrected chi connectivity index (χ1v) is 6.63. The fraction of sp³-hybridized carbons (Fsp3) is 0.300. The number of carboxylic acid groups (broad SMARTS) is 1. The number of hydrogen-bond acceptors (Lipinski definition) is 5. The van der Waals surface area contributed by atoms with Gasteiger partial charge in [-0.05, 0) is 11.6 Å². The minimum absolute atomic E-state index is 0.00231. The van der Waals surface area contributed by atoms with Crippen LogP contribution in [0.4, 0.5) is 0 Å². The van der Waals surface area contributed by atoms with Gasteiger partial charge in [-0.15, -0.1) is 0 Å². The van der Waals surface area contributed by atoms with E-state index in [1.165, 1.54) is 18.2 Å². The van der Waals surface area contributed by atoms with Crippen LogP contribution in [0, 0.1) is 0 Å². The molecule has 0 saturated heterocycles. The third-order valence-electron chi connectivity index (χ3n) is 2.30. The summed E-state index contributed by atoms with van der Waals surface area (Å²) in [5.41, 5.74) is 5.31. The molecule has 0 aliphatic heterocycles. The highest BCUT2D eigenvalue weighted by atomic mass is 32.2. The standard InChI is InChI=1S/C10H13NO5S/c1-17(15,16)9-6(3-2-4-8(9)12)7(5-11)10(13)14/h2-4,7,12H,5,11H2,1H3,(H,13,14). The zero-order valence-electron chi connectivity index (χ0n) is 9.12. The van der Waals surface area contributed by atoms with Crippen LogP contribution in [0.3, 0.4) is 0 Å². The molecular formula is C10H13NO5S. The van der Waals surface area contributed by atoms with Gasteiger partial charge in [-0.25, -0.2) is 8.42 Å². The number of sulfone groups is 1. The molecule has 4 N–H and O–H groups in total. The molecular weight excluding hydrogens is 246 g/mol. The third-order valence-corrected chi connectivity index (χ3v) is 3.49. The summed E-state index contributed by atoms with van der Waals surface area (Å²) in [7, 11) is -3.72. The summed E-state index contributed by atoms with van der Waals surface area (Å²) >= 11 is 0. The van der Waals surface area contributed by atoms with Crippen molar-refractivity contribution in [3.8, 4) is 5.75 Å². The van der Waals surface area contributed by atoms with Gasteiger partial charge >= 0.3 is 5.97 Å². The minimum atomic E-state index is -3.72. The van der Waals surface area contributed by atoms with E-state index in [0.717, 1.165) is 6.26 Å². The largest absolute Gasteiger partial charge is 0.507 e. The van der Waals surface area contributed by atoms with Gasteiger partial charge in [0, 0.05) is 12.8 Å². The lowest BCUT2D eigenvalue weighted by Crippen LogP contribution is -2.23. The van der Waals surface area contributed by atoms with E-state index in [-0.39, 0.29) is 17.0 Å². The zero-order valence-corrected chi connectivity index (χ0v) is 9.94. The van der Waals surface area contributed by atoms with Crippen molar-refractivity contribution in [2.75, 3.05) is 12.8 Å². The lowest BCUT2D eigenvalue weighted by Gasteiger charge is -2.15. The van der Waals surface area contributed by atoms with E-state index in [1.54, 1.807) is 0 Å². The number of aromatic hydroxyl groups is 1. The summed E-state index contributed by atoms with van der Waals surface area (Å²) in [4.78, 5) is 10.6. The molecule has 0 aliphatic carbocycles. The number of benzene rings is 1. The van der Waals surface area contributed by atoms with Crippen LogP contribution < -0.4 is 5.73 Å². The van der Waals surface area contributed by atoms with Crippen molar-refractivity contribution in [1.82, 2.24) is 0 Å². The van der Waals surface area contributed by atoms with Crippen molar-refractivity contribution in [3.63, 3.8) is 0 Å². The van der Waals surface area contributed by atoms with Gasteiger partial charge in [-0.3, -0.25) is 4.79 Å². The Labute approximate surface area is 98.6 Å². The first-order chi connectivity index (χ1) is 7.79. The van der Waals surface area contributed by atoms with Gasteiger partial charge in [0.05, 0.1) is 5.92 Å². The Hall–Kier alpha value is -1.60. The van der Waals surface area contributed by atoms with Crippen LogP contribution in [0.25, 0.3) is 0 Å². The number of carboxylic acids is 1. The van der Waals surface area contributed by atoms with Crippen molar-refractivity contribution in [3.05, 3.63) is 23.8 Å². The van der Waals surface area contributed by atoms with Gasteiger partial charge in [0.15, 0.2) is 9.84 Å². The van der Waals surface area contributed by atoms with Crippen molar-refractivity contribution >= 4 is 15.8 Å². The maximum atomic E-state index is 11.5. The lowest BCUT2D eigenvalue weighted by molar-refractivity contribution is -0.138. The first-order valence-electron chi connectivity index (χ1n) is 4.73. The summed E-state index contributed by atoms with van der Waals surface area (Å²) < 4.78 is 23.0. The molecule has 0 radical (unpaired) electrons. The van der Waals surface area contributed by atoms with Crippen LogP contribution in [0.2, 0.25) is 0 Å². The maximum absolute atomic E-state index is 11.5. The zero-order chi connectivity index (χ0) is 13.2. The predicted octanol–water partition coefficient (Wildman–Crippen LogP) is -0.0774. The van der Waals surface area contributed by atoms with E-state index in [0.29, 0.717) is 0 Å². The van der Waals surface area contributed by atoms with Crippen LogP contribution in [-0.4, -0.2) is 37.4 Å². The van der Waals surface area contributed by atoms with Gasteiger partial charge in [0.1, 0.15) is 10.6 Å². The minimum Gasteiger partial charge on any atom is -0.507 e. The lowest BCUT2D eigenvalue weighted by atomic mass is 9.99. The number of rotatable bonds is 4. The third kappa shape index (κ3) is 2.75. The highest BCUT2D eigenvalue weighted by Gasteiger charge is 2.27. The Morgan fingerprint density at radius 3 is 2.47 bits per heavy atom. The Morgan fingerprint density at radius 2 is 2.06 bits per heavy atom. The van der Waals surface area contributed by atoms with Crippen molar-refractivity contribution in [2.45, 2.75) is 10.8 Å². The Bertz CT molecular complexity index is 538. The number of phenols is 1. The quantitative estimate of drug-likeness (QED) is 0.696. The average molecular weight is 259 g/mol. The molecule has 17 heavy (non-hydrogen) atoms. The number of carbonyl (C=O) groups is 1. The molecule has 0 aliphatic rings. The SMILES string of the molecule is CS(=O)(=O)c1c(O)cccc1C(CN)C(=O)O. The summed E-state index contributed by atoms with van der Waals surface area (Å²) in [6.45, 7) is -0.249. The van der Waals surface area contributed by atoms with E-state index >= 15 is 0 Å². The van der Waals surface area contributed by atoms with Gasteiger partial charge in [-0.1, -0.05) is 12.1 Å². The van der Waals surface area contributed by atoms with Crippen LogP contribution >= 0.6 is 0 Å². The molecule has 0 fully saturated rings. The van der Waals surface area contributed by atoms with Crippen LogP contribution in [-0.2, 0) is 14.6 Å². The van der Waals surface area contributed by atoms with Crippen molar-refractivity contribution in [2.24, 2.45) is 5.73 Å². The summed E-state index contributed by atoms with van der Waals surface area (Å²) in [5, 5.41) is 18.5. The molecule has 94 valence electrons. The van der Waals surface area contributed by atoms with Gasteiger partial charge < -0.3 is 15.9 Å². The molecule has 0 spiro atoms. The molecule has 7 heteroatoms. The summed E-state index contributed by atoms with van der Waals surface area (Å²) in [5.74, 6) is -2.86. The highest BCUT2D eigenvalue weighted by Crippen LogP contribution is 2.31. The van der Waals surface area contributed by atoms with E-state index in [2.05, 4.69) is 0 Å². The van der Waals surface area contributed by atoms with E-state index in [4.69, 9.17) is 10.8 Å². The summed E-state index contributed by atoms with van der Waals surface area (Å²) in [6, 6.07) is 3.90. The van der Waals surface area contributed by atoms with Crippen molar-refractivity contribution < 1.29 is 23.4 Å². The highest BCUT2D eigenvalue weighted by molar-refractivity contribution is 7.90. The van der Waals surface area contributed by atoms with Crippen molar-refractivity contribution in [1.29, 1.82) is 0 Å². The fourth-order valence-corrected chi connectivity index (χ4v) is 2.67. The molecule has 1 rings (SSSR count). The molecule has 1 atom stereocenters. The topological polar surface area (TPSA) is 118 Å². The molecule has 0 heterocycles. The molecule has 1 aromatic carbocycles. The van der Waals surface area contributed by atoms with E-state index in [1.807, 2.05) is 0 Å². The number of nitrogens with two attached hydrogens (primary N) is 1. The predicted molar refractivity (Wildman–Crippen MR) is 60.6 cm³/mol. The van der Waals surface area contributed by atoms with Gasteiger partial charge in [0.2, 0.25) is 0 Å². The van der Waals surface area contributed by atoms with Crippen LogP contribution in [0.5, 0.6) is 5.75 Å². The second-order valence-corrected chi connectivity index (χ2v) is 5.55. The smallest absolute Gasteiger partial charge is 0.312 e. The average Bonchev–Trinajstić information content (AvgIpc) is 2.15. The molecule has 6 nitrogen and oxygen atoms in total. The van der Waals surface area contributed by atoms with Crippen LogP contribution in [0.15, 0.2) is 23.1 Å². The van der Waals surface area contributed by atoms with Gasteiger partial charge in [0.25, 0.3) is 0 Å². The molecule has 1 aromatic rings. The maximum Gasteiger partial charge on any atom is 0.312 e. The fourth-order valence-electron chi connectivity index (χ4n) is 1.58. The van der Waals surface area contributed by atoms with E-state index in [9.17, 15) is 18.3 Å². The Balaban J connectivity index is 3.54.